The minimum absolute atomic E-state index is 0.870. The average molecular weight is 247 g/mol. The molecular weight excluding hydrogens is 222 g/mol. The lowest BCUT2D eigenvalue weighted by Gasteiger charge is -2.39. The standard InChI is InChI=1S/C15H25N3/c1-3-4-5-14-13-8-12-10-18(2)7-6-11(12)9-15(13)17-16-14/h11-12H,3-10H2,1-2H3,(H,16,17). The van der Waals surface area contributed by atoms with Gasteiger partial charge in [0.2, 0.25) is 0 Å². The van der Waals surface area contributed by atoms with E-state index in [1.165, 1.54) is 56.6 Å². The molecule has 1 aliphatic heterocycles. The lowest BCUT2D eigenvalue weighted by molar-refractivity contribution is 0.133. The molecule has 1 fully saturated rings. The van der Waals surface area contributed by atoms with Gasteiger partial charge in [-0.15, -0.1) is 0 Å². The predicted octanol–water partition coefficient (Wildman–Crippen LogP) is 2.42. The molecular formula is C15H25N3. The van der Waals surface area contributed by atoms with Crippen molar-refractivity contribution in [3.05, 3.63) is 17.0 Å². The summed E-state index contributed by atoms with van der Waals surface area (Å²) >= 11 is 0. The zero-order valence-corrected chi connectivity index (χ0v) is 11.7. The number of rotatable bonds is 3. The molecule has 0 radical (unpaired) electrons. The molecule has 0 aromatic carbocycles. The fraction of sp³-hybridized carbons (Fsp3) is 0.800. The quantitative estimate of drug-likeness (QED) is 0.889. The van der Waals surface area contributed by atoms with Crippen molar-refractivity contribution in [3.8, 4) is 0 Å². The van der Waals surface area contributed by atoms with Gasteiger partial charge in [0.25, 0.3) is 0 Å². The number of aryl methyl sites for hydroxylation is 1. The van der Waals surface area contributed by atoms with E-state index in [1.54, 1.807) is 5.56 Å². The van der Waals surface area contributed by atoms with Gasteiger partial charge in [-0.05, 0) is 63.1 Å². The Hall–Kier alpha value is -0.830. The second-order valence-corrected chi connectivity index (χ2v) is 6.21. The average Bonchev–Trinajstić information content (AvgIpc) is 2.76. The van der Waals surface area contributed by atoms with Crippen LogP contribution in [0.5, 0.6) is 0 Å². The number of piperidine rings is 1. The summed E-state index contributed by atoms with van der Waals surface area (Å²) in [5, 5.41) is 7.89. The summed E-state index contributed by atoms with van der Waals surface area (Å²) in [6, 6.07) is 0. The number of nitrogens with one attached hydrogen (secondary N) is 1. The summed E-state index contributed by atoms with van der Waals surface area (Å²) < 4.78 is 0. The van der Waals surface area contributed by atoms with Crippen LogP contribution in [0.3, 0.4) is 0 Å². The first-order valence-corrected chi connectivity index (χ1v) is 7.51. The van der Waals surface area contributed by atoms with Gasteiger partial charge in [0, 0.05) is 12.2 Å². The fourth-order valence-electron chi connectivity index (χ4n) is 3.69. The summed E-state index contributed by atoms with van der Waals surface area (Å²) in [4.78, 5) is 2.50. The first kappa shape index (κ1) is 12.2. The first-order chi connectivity index (χ1) is 8.78. The molecule has 18 heavy (non-hydrogen) atoms. The Kier molecular flexibility index (Phi) is 3.42. The van der Waals surface area contributed by atoms with Gasteiger partial charge in [0.05, 0.1) is 5.69 Å². The zero-order chi connectivity index (χ0) is 12.5. The molecule has 3 nitrogen and oxygen atoms in total. The summed E-state index contributed by atoms with van der Waals surface area (Å²) in [6.07, 6.45) is 7.56. The molecule has 2 atom stereocenters. The molecule has 2 unspecified atom stereocenters. The highest BCUT2D eigenvalue weighted by Gasteiger charge is 2.34. The van der Waals surface area contributed by atoms with Gasteiger partial charge in [0.1, 0.15) is 0 Å². The van der Waals surface area contributed by atoms with Gasteiger partial charge >= 0.3 is 0 Å². The summed E-state index contributed by atoms with van der Waals surface area (Å²) in [6.45, 7) is 4.81. The highest BCUT2D eigenvalue weighted by Crippen LogP contribution is 2.36. The molecule has 0 saturated carbocycles. The number of likely N-dealkylation sites (tertiary alicyclic amines) is 1. The van der Waals surface area contributed by atoms with Crippen molar-refractivity contribution in [2.45, 2.75) is 45.4 Å². The Morgan fingerprint density at radius 1 is 1.33 bits per heavy atom. The number of hydrogen-bond acceptors (Lipinski definition) is 2. The fourth-order valence-corrected chi connectivity index (χ4v) is 3.69. The predicted molar refractivity (Wildman–Crippen MR) is 73.7 cm³/mol. The van der Waals surface area contributed by atoms with Crippen LogP contribution in [-0.2, 0) is 19.3 Å². The summed E-state index contributed by atoms with van der Waals surface area (Å²) in [5.74, 6) is 1.77. The van der Waals surface area contributed by atoms with Gasteiger partial charge in [-0.1, -0.05) is 13.3 Å². The van der Waals surface area contributed by atoms with E-state index in [-0.39, 0.29) is 0 Å². The summed E-state index contributed by atoms with van der Waals surface area (Å²) in [7, 11) is 2.26. The molecule has 2 heterocycles. The molecule has 3 heteroatoms. The normalized spacial score (nSPS) is 27.9. The molecule has 1 aromatic rings. The Balaban J connectivity index is 1.77. The van der Waals surface area contributed by atoms with Crippen molar-refractivity contribution in [1.29, 1.82) is 0 Å². The van der Waals surface area contributed by atoms with Crippen molar-refractivity contribution in [3.63, 3.8) is 0 Å². The molecule has 1 N–H and O–H groups in total. The van der Waals surface area contributed by atoms with Gasteiger partial charge in [-0.25, -0.2) is 0 Å². The van der Waals surface area contributed by atoms with E-state index < -0.39 is 0 Å². The van der Waals surface area contributed by atoms with E-state index >= 15 is 0 Å². The summed E-state index contributed by atoms with van der Waals surface area (Å²) in [5.41, 5.74) is 4.38. The maximum atomic E-state index is 4.57. The van der Waals surface area contributed by atoms with E-state index in [0.29, 0.717) is 0 Å². The molecule has 2 aliphatic rings. The lowest BCUT2D eigenvalue weighted by atomic mass is 9.74. The maximum Gasteiger partial charge on any atom is 0.0657 e. The largest absolute Gasteiger partial charge is 0.306 e. The molecule has 0 bridgehead atoms. The molecule has 1 saturated heterocycles. The van der Waals surface area contributed by atoms with Gasteiger partial charge in [0.15, 0.2) is 0 Å². The first-order valence-electron chi connectivity index (χ1n) is 7.51. The molecule has 1 aliphatic carbocycles. The van der Waals surface area contributed by atoms with Crippen LogP contribution >= 0.6 is 0 Å². The van der Waals surface area contributed by atoms with E-state index in [9.17, 15) is 0 Å². The Labute approximate surface area is 110 Å². The number of H-pyrrole nitrogens is 1. The van der Waals surface area contributed by atoms with Crippen molar-refractivity contribution < 1.29 is 0 Å². The van der Waals surface area contributed by atoms with Gasteiger partial charge < -0.3 is 4.90 Å². The SMILES string of the molecule is CCCCc1n[nH]c2c1CC1CN(C)CCC1C2. The third-order valence-electron chi connectivity index (χ3n) is 4.83. The van der Waals surface area contributed by atoms with Crippen LogP contribution < -0.4 is 0 Å². The second kappa shape index (κ2) is 5.04. The van der Waals surface area contributed by atoms with Crippen LogP contribution in [0.15, 0.2) is 0 Å². The van der Waals surface area contributed by atoms with Crippen LogP contribution in [0.25, 0.3) is 0 Å². The number of nitrogens with zero attached hydrogens (tertiary/aromatic N) is 2. The number of unbranched alkanes of at least 4 members (excludes halogenated alkanes) is 1. The topological polar surface area (TPSA) is 31.9 Å². The van der Waals surface area contributed by atoms with Crippen molar-refractivity contribution in [2.24, 2.45) is 11.8 Å². The zero-order valence-electron chi connectivity index (χ0n) is 11.7. The number of hydrogen-bond donors (Lipinski definition) is 1. The van der Waals surface area contributed by atoms with Crippen molar-refractivity contribution in [1.82, 2.24) is 15.1 Å². The molecule has 3 rings (SSSR count). The van der Waals surface area contributed by atoms with Crippen LogP contribution in [-0.4, -0.2) is 35.2 Å². The monoisotopic (exact) mass is 247 g/mol. The number of fused-ring (bicyclic) bond motifs is 2. The third kappa shape index (κ3) is 2.20. The van der Waals surface area contributed by atoms with Crippen molar-refractivity contribution >= 4 is 0 Å². The van der Waals surface area contributed by atoms with E-state index in [2.05, 4.69) is 29.1 Å². The Morgan fingerprint density at radius 2 is 2.22 bits per heavy atom. The Morgan fingerprint density at radius 3 is 3.06 bits per heavy atom. The Bertz CT molecular complexity index is 396. The van der Waals surface area contributed by atoms with Gasteiger partial charge in [-0.3, -0.25) is 5.10 Å². The van der Waals surface area contributed by atoms with Crippen LogP contribution in [0.2, 0.25) is 0 Å². The second-order valence-electron chi connectivity index (χ2n) is 6.21. The molecule has 0 spiro atoms. The van der Waals surface area contributed by atoms with Gasteiger partial charge in [-0.2, -0.15) is 5.10 Å². The smallest absolute Gasteiger partial charge is 0.0657 e. The lowest BCUT2D eigenvalue weighted by Crippen LogP contribution is -2.41. The van der Waals surface area contributed by atoms with E-state index in [0.717, 1.165) is 18.3 Å². The third-order valence-corrected chi connectivity index (χ3v) is 4.83. The van der Waals surface area contributed by atoms with Crippen LogP contribution in [0.1, 0.15) is 43.1 Å². The van der Waals surface area contributed by atoms with Crippen molar-refractivity contribution in [2.75, 3.05) is 20.1 Å². The van der Waals surface area contributed by atoms with Crippen LogP contribution in [0.4, 0.5) is 0 Å². The minimum Gasteiger partial charge on any atom is -0.306 e. The number of aromatic nitrogens is 2. The van der Waals surface area contributed by atoms with E-state index in [1.807, 2.05) is 0 Å². The molecule has 100 valence electrons. The number of aromatic amines is 1. The molecule has 1 aromatic heterocycles. The minimum atomic E-state index is 0.870. The highest BCUT2D eigenvalue weighted by atomic mass is 15.1. The van der Waals surface area contributed by atoms with Crippen LogP contribution in [0, 0.1) is 11.8 Å². The maximum absolute atomic E-state index is 4.57. The highest BCUT2D eigenvalue weighted by molar-refractivity contribution is 5.29. The molecule has 0 amide bonds. The van der Waals surface area contributed by atoms with E-state index in [4.69, 9.17) is 0 Å².